The molecule has 0 atom stereocenters. The minimum absolute atomic E-state index is 0.495. The number of likely N-dealkylation sites (N-methyl/N-ethyl adjacent to an activating group) is 1. The van der Waals surface area contributed by atoms with Gasteiger partial charge in [0.05, 0.1) is 66.1 Å². The zero-order chi connectivity index (χ0) is 16.1. The summed E-state index contributed by atoms with van der Waals surface area (Å²) in [4.78, 5) is 9.95. The van der Waals surface area contributed by atoms with E-state index in [1.54, 1.807) is 0 Å². The molecule has 0 bridgehead atoms. The van der Waals surface area contributed by atoms with Gasteiger partial charge in [0.2, 0.25) is 6.41 Å². The summed E-state index contributed by atoms with van der Waals surface area (Å²) in [6.45, 7) is 6.96. The van der Waals surface area contributed by atoms with Crippen LogP contribution in [0.25, 0.3) is 0 Å². The quantitative estimate of drug-likeness (QED) is 0.234. The van der Waals surface area contributed by atoms with Gasteiger partial charge >= 0.3 is 0 Å². The molecule has 0 aliphatic carbocycles. The van der Waals surface area contributed by atoms with Gasteiger partial charge in [-0.1, -0.05) is 0 Å². The second-order valence-electron chi connectivity index (χ2n) is 4.24. The summed E-state index contributed by atoms with van der Waals surface area (Å²) >= 11 is 0. The highest BCUT2D eigenvalue weighted by molar-refractivity contribution is 5.45. The van der Waals surface area contributed by atoms with Crippen molar-refractivity contribution in [2.75, 3.05) is 86.2 Å². The first-order valence-corrected chi connectivity index (χ1v) is 7.62. The summed E-state index contributed by atoms with van der Waals surface area (Å²) in [6.07, 6.45) is 0.651. The molecule has 0 aromatic heterocycles. The molecule has 0 saturated heterocycles. The first kappa shape index (κ1) is 21.2. The molecule has 8 heteroatoms. The van der Waals surface area contributed by atoms with E-state index in [0.29, 0.717) is 79.0 Å². The average Bonchev–Trinajstić information content (AvgIpc) is 2.54. The zero-order valence-corrected chi connectivity index (χ0v) is 13.5. The molecule has 0 aliphatic rings. The molecule has 22 heavy (non-hydrogen) atoms. The van der Waals surface area contributed by atoms with Crippen molar-refractivity contribution in [3.05, 3.63) is 0 Å². The number of carbonyl (C=O) groups is 1. The van der Waals surface area contributed by atoms with E-state index in [2.05, 4.69) is 10.6 Å². The van der Waals surface area contributed by atoms with Crippen molar-refractivity contribution in [2.45, 2.75) is 0 Å². The van der Waals surface area contributed by atoms with Crippen molar-refractivity contribution >= 4 is 6.41 Å². The van der Waals surface area contributed by atoms with Crippen LogP contribution in [0.5, 0.6) is 0 Å². The summed E-state index contributed by atoms with van der Waals surface area (Å²) in [5.41, 5.74) is 0. The van der Waals surface area contributed by atoms with Gasteiger partial charge in [0.1, 0.15) is 0 Å². The Morgan fingerprint density at radius 2 is 1.00 bits per heavy atom. The lowest BCUT2D eigenvalue weighted by atomic mass is 10.6. The first-order chi connectivity index (χ1) is 10.9. The molecular formula is C14H30N2O6. The predicted octanol–water partition coefficient (Wildman–Crippen LogP) is -0.965. The number of amides is 1. The van der Waals surface area contributed by atoms with E-state index in [9.17, 15) is 4.79 Å². The summed E-state index contributed by atoms with van der Waals surface area (Å²) in [6, 6.07) is 0. The Hall–Kier alpha value is -0.770. The molecule has 0 radical (unpaired) electrons. The average molecular weight is 322 g/mol. The molecule has 0 heterocycles. The monoisotopic (exact) mass is 322 g/mol. The van der Waals surface area contributed by atoms with Crippen LogP contribution < -0.4 is 10.6 Å². The lowest BCUT2D eigenvalue weighted by Crippen LogP contribution is -2.19. The Labute approximate surface area is 132 Å². The van der Waals surface area contributed by atoms with Crippen molar-refractivity contribution < 1.29 is 28.5 Å². The molecule has 0 aliphatic heterocycles. The second kappa shape index (κ2) is 20.2. The lowest BCUT2D eigenvalue weighted by Gasteiger charge is -2.07. The van der Waals surface area contributed by atoms with Crippen molar-refractivity contribution in [1.82, 2.24) is 10.6 Å². The van der Waals surface area contributed by atoms with Gasteiger partial charge in [0, 0.05) is 13.1 Å². The summed E-state index contributed by atoms with van der Waals surface area (Å²) < 4.78 is 26.5. The predicted molar refractivity (Wildman–Crippen MR) is 82.1 cm³/mol. The summed E-state index contributed by atoms with van der Waals surface area (Å²) in [7, 11) is 1.89. The highest BCUT2D eigenvalue weighted by Gasteiger charge is 1.93. The maximum Gasteiger partial charge on any atom is 0.207 e. The molecule has 0 spiro atoms. The van der Waals surface area contributed by atoms with Gasteiger partial charge in [-0.05, 0) is 7.05 Å². The molecule has 0 aromatic rings. The van der Waals surface area contributed by atoms with Crippen molar-refractivity contribution in [3.63, 3.8) is 0 Å². The van der Waals surface area contributed by atoms with E-state index in [4.69, 9.17) is 23.7 Å². The standard InChI is InChI=1S/C14H30N2O6/c1-15-2-4-18-6-8-20-10-12-22-13-11-21-9-7-19-5-3-16-14-17/h14-15H,2-13H2,1H3,(H,16,17). The van der Waals surface area contributed by atoms with Gasteiger partial charge in [-0.2, -0.15) is 0 Å². The Kier molecular flexibility index (Phi) is 19.5. The van der Waals surface area contributed by atoms with Gasteiger partial charge in [0.25, 0.3) is 0 Å². The summed E-state index contributed by atoms with van der Waals surface area (Å²) in [5.74, 6) is 0. The molecule has 0 saturated carbocycles. The molecule has 0 rings (SSSR count). The van der Waals surface area contributed by atoms with Gasteiger partial charge in [0.15, 0.2) is 0 Å². The number of nitrogens with one attached hydrogen (secondary N) is 2. The number of carbonyl (C=O) groups excluding carboxylic acids is 1. The van der Waals surface area contributed by atoms with Crippen LogP contribution in [0.15, 0.2) is 0 Å². The third kappa shape index (κ3) is 19.2. The van der Waals surface area contributed by atoms with Crippen LogP contribution >= 0.6 is 0 Å². The maximum absolute atomic E-state index is 9.95. The van der Waals surface area contributed by atoms with Crippen molar-refractivity contribution in [2.24, 2.45) is 0 Å². The van der Waals surface area contributed by atoms with Gasteiger partial charge < -0.3 is 34.3 Å². The summed E-state index contributed by atoms with van der Waals surface area (Å²) in [5, 5.41) is 5.51. The van der Waals surface area contributed by atoms with Crippen LogP contribution in [0, 0.1) is 0 Å². The maximum atomic E-state index is 9.95. The molecule has 0 unspecified atom stereocenters. The molecule has 0 aromatic carbocycles. The topological polar surface area (TPSA) is 87.3 Å². The van der Waals surface area contributed by atoms with Gasteiger partial charge in [-0.15, -0.1) is 0 Å². The first-order valence-electron chi connectivity index (χ1n) is 7.62. The molecular weight excluding hydrogens is 292 g/mol. The Bertz CT molecular complexity index is 222. The van der Waals surface area contributed by atoms with Crippen molar-refractivity contribution in [3.8, 4) is 0 Å². The fraction of sp³-hybridized carbons (Fsp3) is 0.929. The number of ether oxygens (including phenoxy) is 5. The lowest BCUT2D eigenvalue weighted by molar-refractivity contribution is -0.109. The van der Waals surface area contributed by atoms with Crippen LogP contribution in [0.1, 0.15) is 0 Å². The van der Waals surface area contributed by atoms with E-state index >= 15 is 0 Å². The largest absolute Gasteiger partial charge is 0.378 e. The smallest absolute Gasteiger partial charge is 0.207 e. The Morgan fingerprint density at radius 3 is 1.36 bits per heavy atom. The van der Waals surface area contributed by atoms with Crippen molar-refractivity contribution in [1.29, 1.82) is 0 Å². The van der Waals surface area contributed by atoms with E-state index in [1.807, 2.05) is 7.05 Å². The van der Waals surface area contributed by atoms with Crippen LogP contribution in [-0.4, -0.2) is 92.6 Å². The fourth-order valence-corrected chi connectivity index (χ4v) is 1.35. The third-order valence-electron chi connectivity index (χ3n) is 2.46. The fourth-order valence-electron chi connectivity index (χ4n) is 1.35. The minimum atomic E-state index is 0.495. The van der Waals surface area contributed by atoms with E-state index in [0.717, 1.165) is 6.54 Å². The molecule has 0 fully saturated rings. The highest BCUT2D eigenvalue weighted by atomic mass is 16.6. The van der Waals surface area contributed by atoms with E-state index in [1.165, 1.54) is 0 Å². The molecule has 132 valence electrons. The minimum Gasteiger partial charge on any atom is -0.378 e. The number of hydrogen-bond acceptors (Lipinski definition) is 7. The molecule has 1 amide bonds. The van der Waals surface area contributed by atoms with Crippen LogP contribution in [0.3, 0.4) is 0 Å². The van der Waals surface area contributed by atoms with Crippen LogP contribution in [0.4, 0.5) is 0 Å². The molecule has 8 nitrogen and oxygen atoms in total. The van der Waals surface area contributed by atoms with Crippen LogP contribution in [0.2, 0.25) is 0 Å². The number of rotatable bonds is 19. The SMILES string of the molecule is CNCCOCCOCCOCCOCCOCCNC=O. The Balaban J connectivity index is 2.92. The molecule has 2 N–H and O–H groups in total. The van der Waals surface area contributed by atoms with Crippen LogP contribution in [-0.2, 0) is 28.5 Å². The highest BCUT2D eigenvalue weighted by Crippen LogP contribution is 1.83. The zero-order valence-electron chi connectivity index (χ0n) is 13.5. The Morgan fingerprint density at radius 1 is 0.636 bits per heavy atom. The van der Waals surface area contributed by atoms with E-state index < -0.39 is 0 Å². The van der Waals surface area contributed by atoms with E-state index in [-0.39, 0.29) is 0 Å². The van der Waals surface area contributed by atoms with Gasteiger partial charge in [-0.25, -0.2) is 0 Å². The number of hydrogen-bond donors (Lipinski definition) is 2. The normalized spacial score (nSPS) is 10.8. The second-order valence-corrected chi connectivity index (χ2v) is 4.24. The van der Waals surface area contributed by atoms with Gasteiger partial charge in [-0.3, -0.25) is 4.79 Å². The third-order valence-corrected chi connectivity index (χ3v) is 2.46.